The SMILES string of the molecule is O=Cc1cc(Br)c(OCc2ccc(Br)cn2)c(Br)c1. The number of carbonyl (C=O) groups is 1. The third kappa shape index (κ3) is 3.87. The Morgan fingerprint density at radius 1 is 1.16 bits per heavy atom. The number of aromatic nitrogens is 1. The quantitative estimate of drug-likeness (QED) is 0.632. The van der Waals surface area contributed by atoms with E-state index in [1.807, 2.05) is 12.1 Å². The maximum atomic E-state index is 10.7. The van der Waals surface area contributed by atoms with Crippen LogP contribution in [-0.4, -0.2) is 11.3 Å². The number of hydrogen-bond acceptors (Lipinski definition) is 3. The summed E-state index contributed by atoms with van der Waals surface area (Å²) in [6.07, 6.45) is 2.51. The van der Waals surface area contributed by atoms with E-state index < -0.39 is 0 Å². The second-order valence-corrected chi connectivity index (χ2v) is 6.31. The summed E-state index contributed by atoms with van der Waals surface area (Å²) in [5.41, 5.74) is 1.40. The fourth-order valence-electron chi connectivity index (χ4n) is 1.42. The van der Waals surface area contributed by atoms with Crippen LogP contribution in [0.4, 0.5) is 0 Å². The molecule has 6 heteroatoms. The van der Waals surface area contributed by atoms with Crippen LogP contribution < -0.4 is 4.74 Å². The molecule has 1 heterocycles. The van der Waals surface area contributed by atoms with Crippen molar-refractivity contribution in [2.75, 3.05) is 0 Å². The van der Waals surface area contributed by atoms with Crippen LogP contribution in [0.3, 0.4) is 0 Å². The van der Waals surface area contributed by atoms with E-state index >= 15 is 0 Å². The Kier molecular flexibility index (Phi) is 5.13. The Labute approximate surface area is 135 Å². The summed E-state index contributed by atoms with van der Waals surface area (Å²) < 4.78 is 8.08. The minimum atomic E-state index is 0.352. The molecule has 1 aromatic heterocycles. The molecule has 2 aromatic rings. The van der Waals surface area contributed by atoms with E-state index in [0.717, 1.165) is 25.4 Å². The van der Waals surface area contributed by atoms with Crippen molar-refractivity contribution in [3.8, 4) is 5.75 Å². The van der Waals surface area contributed by atoms with Crippen LogP contribution in [0.15, 0.2) is 43.9 Å². The highest BCUT2D eigenvalue weighted by molar-refractivity contribution is 9.11. The lowest BCUT2D eigenvalue weighted by molar-refractivity contribution is 0.112. The topological polar surface area (TPSA) is 39.2 Å². The van der Waals surface area contributed by atoms with Gasteiger partial charge in [-0.2, -0.15) is 0 Å². The highest BCUT2D eigenvalue weighted by atomic mass is 79.9. The predicted octanol–water partition coefficient (Wildman–Crippen LogP) is 4.76. The molecule has 0 saturated heterocycles. The van der Waals surface area contributed by atoms with E-state index in [9.17, 15) is 4.79 Å². The van der Waals surface area contributed by atoms with Gasteiger partial charge in [0.15, 0.2) is 0 Å². The number of pyridine rings is 1. The van der Waals surface area contributed by atoms with Gasteiger partial charge in [-0.3, -0.25) is 9.78 Å². The largest absolute Gasteiger partial charge is 0.485 e. The van der Waals surface area contributed by atoms with Crippen molar-refractivity contribution >= 4 is 54.1 Å². The first kappa shape index (κ1) is 14.7. The van der Waals surface area contributed by atoms with Gasteiger partial charge < -0.3 is 4.74 Å². The molecule has 3 nitrogen and oxygen atoms in total. The van der Waals surface area contributed by atoms with Gasteiger partial charge in [-0.25, -0.2) is 0 Å². The maximum Gasteiger partial charge on any atom is 0.150 e. The molecule has 0 unspecified atom stereocenters. The van der Waals surface area contributed by atoms with Gasteiger partial charge in [0.2, 0.25) is 0 Å². The molecule has 0 spiro atoms. The van der Waals surface area contributed by atoms with Crippen LogP contribution >= 0.6 is 47.8 Å². The minimum absolute atomic E-state index is 0.352. The van der Waals surface area contributed by atoms with Crippen molar-refractivity contribution in [2.24, 2.45) is 0 Å². The van der Waals surface area contributed by atoms with Crippen LogP contribution in [0.5, 0.6) is 5.75 Å². The summed E-state index contributed by atoms with van der Waals surface area (Å²) in [7, 11) is 0. The lowest BCUT2D eigenvalue weighted by Crippen LogP contribution is -1.99. The lowest BCUT2D eigenvalue weighted by Gasteiger charge is -2.10. The zero-order valence-electron chi connectivity index (χ0n) is 9.57. The second-order valence-electron chi connectivity index (χ2n) is 3.69. The van der Waals surface area contributed by atoms with E-state index in [0.29, 0.717) is 17.9 Å². The molecule has 0 radical (unpaired) electrons. The van der Waals surface area contributed by atoms with E-state index in [4.69, 9.17) is 4.74 Å². The predicted molar refractivity (Wildman–Crippen MR) is 83.5 cm³/mol. The highest BCUT2D eigenvalue weighted by Crippen LogP contribution is 2.34. The zero-order valence-corrected chi connectivity index (χ0v) is 14.3. The Morgan fingerprint density at radius 3 is 2.37 bits per heavy atom. The molecular weight excluding hydrogens is 442 g/mol. The summed E-state index contributed by atoms with van der Waals surface area (Å²) in [6, 6.07) is 7.21. The molecule has 0 N–H and O–H groups in total. The first-order valence-electron chi connectivity index (χ1n) is 5.27. The highest BCUT2D eigenvalue weighted by Gasteiger charge is 2.09. The summed E-state index contributed by atoms with van der Waals surface area (Å²) in [5.74, 6) is 0.648. The van der Waals surface area contributed by atoms with E-state index in [2.05, 4.69) is 52.8 Å². The number of aldehydes is 1. The van der Waals surface area contributed by atoms with Gasteiger partial charge in [0.25, 0.3) is 0 Å². The number of nitrogens with zero attached hydrogens (tertiary/aromatic N) is 1. The van der Waals surface area contributed by atoms with Crippen molar-refractivity contribution in [2.45, 2.75) is 6.61 Å². The molecule has 0 saturated carbocycles. The molecule has 0 amide bonds. The van der Waals surface area contributed by atoms with Gasteiger partial charge in [-0.15, -0.1) is 0 Å². The average Bonchev–Trinajstić information content (AvgIpc) is 2.39. The average molecular weight is 450 g/mol. The fraction of sp³-hybridized carbons (Fsp3) is 0.0769. The van der Waals surface area contributed by atoms with Crippen molar-refractivity contribution in [1.82, 2.24) is 4.98 Å². The van der Waals surface area contributed by atoms with E-state index in [1.54, 1.807) is 18.3 Å². The van der Waals surface area contributed by atoms with E-state index in [-0.39, 0.29) is 0 Å². The Bertz CT molecular complexity index is 576. The van der Waals surface area contributed by atoms with Crippen molar-refractivity contribution in [3.05, 3.63) is 55.1 Å². The van der Waals surface area contributed by atoms with Crippen LogP contribution in [0, 0.1) is 0 Å². The fourth-order valence-corrected chi connectivity index (χ4v) is 3.11. The summed E-state index contributed by atoms with van der Waals surface area (Å²) in [6.45, 7) is 0.352. The molecule has 2 rings (SSSR count). The summed E-state index contributed by atoms with van der Waals surface area (Å²) in [4.78, 5) is 15.0. The molecular formula is C13H8Br3NO2. The molecule has 0 aliphatic heterocycles. The van der Waals surface area contributed by atoms with Crippen molar-refractivity contribution in [3.63, 3.8) is 0 Å². The standard InChI is InChI=1S/C13H8Br3NO2/c14-9-1-2-10(17-5-9)7-19-13-11(15)3-8(6-18)4-12(13)16/h1-6H,7H2. The van der Waals surface area contributed by atoms with Gasteiger partial charge >= 0.3 is 0 Å². The summed E-state index contributed by atoms with van der Waals surface area (Å²) >= 11 is 10.1. The molecule has 98 valence electrons. The molecule has 19 heavy (non-hydrogen) atoms. The molecule has 0 aliphatic rings. The smallest absolute Gasteiger partial charge is 0.150 e. The second kappa shape index (κ2) is 6.63. The first-order valence-corrected chi connectivity index (χ1v) is 7.65. The van der Waals surface area contributed by atoms with Crippen LogP contribution in [0.1, 0.15) is 16.1 Å². The van der Waals surface area contributed by atoms with Gasteiger partial charge in [-0.05, 0) is 72.1 Å². The first-order chi connectivity index (χ1) is 9.10. The Balaban J connectivity index is 2.15. The van der Waals surface area contributed by atoms with Crippen LogP contribution in [0.25, 0.3) is 0 Å². The number of hydrogen-bond donors (Lipinski definition) is 0. The Hall–Kier alpha value is -0.720. The molecule has 0 aliphatic carbocycles. The van der Waals surface area contributed by atoms with Gasteiger partial charge in [0.1, 0.15) is 18.6 Å². The zero-order chi connectivity index (χ0) is 13.8. The Morgan fingerprint density at radius 2 is 1.84 bits per heavy atom. The normalized spacial score (nSPS) is 10.3. The lowest BCUT2D eigenvalue weighted by atomic mass is 10.2. The van der Waals surface area contributed by atoms with Gasteiger partial charge in [-0.1, -0.05) is 0 Å². The van der Waals surface area contributed by atoms with Crippen molar-refractivity contribution < 1.29 is 9.53 Å². The van der Waals surface area contributed by atoms with E-state index in [1.165, 1.54) is 0 Å². The number of benzene rings is 1. The minimum Gasteiger partial charge on any atom is -0.485 e. The van der Waals surface area contributed by atoms with Crippen LogP contribution in [-0.2, 0) is 6.61 Å². The maximum absolute atomic E-state index is 10.7. The third-order valence-corrected chi connectivity index (χ3v) is 3.96. The number of ether oxygens (including phenoxy) is 1. The monoisotopic (exact) mass is 447 g/mol. The van der Waals surface area contributed by atoms with Gasteiger partial charge in [0, 0.05) is 16.2 Å². The number of rotatable bonds is 4. The number of carbonyl (C=O) groups excluding carboxylic acids is 1. The third-order valence-electron chi connectivity index (χ3n) is 2.31. The van der Waals surface area contributed by atoms with Crippen LogP contribution in [0.2, 0.25) is 0 Å². The molecule has 0 bridgehead atoms. The number of halogens is 3. The molecule has 1 aromatic carbocycles. The molecule has 0 fully saturated rings. The van der Waals surface area contributed by atoms with Crippen molar-refractivity contribution in [1.29, 1.82) is 0 Å². The van der Waals surface area contributed by atoms with Gasteiger partial charge in [0.05, 0.1) is 14.6 Å². The summed E-state index contributed by atoms with van der Waals surface area (Å²) in [5, 5.41) is 0. The molecule has 0 atom stereocenters.